The Kier molecular flexibility index (Phi) is 4.18. The number of nitrogens with zero attached hydrogens (tertiary/aromatic N) is 1. The number of carboxylic acids is 1. The van der Waals surface area contributed by atoms with E-state index >= 15 is 0 Å². The lowest BCUT2D eigenvalue weighted by Crippen LogP contribution is -2.52. The van der Waals surface area contributed by atoms with Gasteiger partial charge in [0.1, 0.15) is 0 Å². The van der Waals surface area contributed by atoms with Crippen molar-refractivity contribution in [2.75, 3.05) is 19.7 Å². The summed E-state index contributed by atoms with van der Waals surface area (Å²) < 4.78 is 5.78. The summed E-state index contributed by atoms with van der Waals surface area (Å²) >= 11 is 0. The molecule has 0 aromatic carbocycles. The highest BCUT2D eigenvalue weighted by atomic mass is 16.5. The van der Waals surface area contributed by atoms with Gasteiger partial charge in [0.25, 0.3) is 0 Å². The molecule has 0 aromatic heterocycles. The van der Waals surface area contributed by atoms with Gasteiger partial charge in [-0.05, 0) is 25.8 Å². The van der Waals surface area contributed by atoms with Crippen LogP contribution in [0.3, 0.4) is 0 Å². The second-order valence-corrected chi connectivity index (χ2v) is 4.79. The molecule has 2 atom stereocenters. The predicted octanol–water partition coefficient (Wildman–Crippen LogP) is 1.49. The molecule has 0 spiro atoms. The molecule has 2 unspecified atom stereocenters. The fraction of sp³-hybridized carbons (Fsp3) is 0.917. The Bertz CT molecular complexity index is 242. The summed E-state index contributed by atoms with van der Waals surface area (Å²) in [4.78, 5) is 12.9. The first-order valence-corrected chi connectivity index (χ1v) is 6.35. The first-order valence-electron chi connectivity index (χ1n) is 6.35. The van der Waals surface area contributed by atoms with Crippen molar-refractivity contribution in [2.45, 2.75) is 50.7 Å². The smallest absolute Gasteiger partial charge is 0.303 e. The highest BCUT2D eigenvalue weighted by molar-refractivity contribution is 5.66. The van der Waals surface area contributed by atoms with Crippen LogP contribution in [-0.4, -0.2) is 47.8 Å². The predicted molar refractivity (Wildman–Crippen MR) is 60.4 cm³/mol. The van der Waals surface area contributed by atoms with Crippen molar-refractivity contribution in [3.05, 3.63) is 0 Å². The van der Waals surface area contributed by atoms with Gasteiger partial charge in [0, 0.05) is 19.0 Å². The lowest BCUT2D eigenvalue weighted by molar-refractivity contribution is -0.137. The first kappa shape index (κ1) is 11.9. The quantitative estimate of drug-likeness (QED) is 0.790. The van der Waals surface area contributed by atoms with Crippen LogP contribution in [0.5, 0.6) is 0 Å². The van der Waals surface area contributed by atoms with Gasteiger partial charge in [-0.1, -0.05) is 12.8 Å². The number of fused-ring (bicyclic) bond motifs is 1. The molecule has 16 heavy (non-hydrogen) atoms. The molecule has 1 N–H and O–H groups in total. The van der Waals surface area contributed by atoms with Crippen LogP contribution in [0.4, 0.5) is 0 Å². The monoisotopic (exact) mass is 227 g/mol. The summed E-state index contributed by atoms with van der Waals surface area (Å²) in [5.41, 5.74) is 0. The zero-order valence-electron chi connectivity index (χ0n) is 9.73. The van der Waals surface area contributed by atoms with Gasteiger partial charge in [-0.2, -0.15) is 0 Å². The fourth-order valence-corrected chi connectivity index (χ4v) is 2.89. The van der Waals surface area contributed by atoms with E-state index in [9.17, 15) is 4.79 Å². The third-order valence-corrected chi connectivity index (χ3v) is 3.68. The third-order valence-electron chi connectivity index (χ3n) is 3.68. The lowest BCUT2D eigenvalue weighted by atomic mass is 9.90. The second kappa shape index (κ2) is 5.64. The van der Waals surface area contributed by atoms with Crippen LogP contribution in [0.1, 0.15) is 38.5 Å². The Balaban J connectivity index is 1.80. The van der Waals surface area contributed by atoms with Crippen molar-refractivity contribution in [3.63, 3.8) is 0 Å². The van der Waals surface area contributed by atoms with E-state index in [2.05, 4.69) is 4.90 Å². The summed E-state index contributed by atoms with van der Waals surface area (Å²) in [5.74, 6) is -0.687. The summed E-state index contributed by atoms with van der Waals surface area (Å²) in [7, 11) is 0. The summed E-state index contributed by atoms with van der Waals surface area (Å²) in [6.45, 7) is 2.70. The number of ether oxygens (including phenoxy) is 1. The molecule has 1 aliphatic carbocycles. The van der Waals surface area contributed by atoms with E-state index in [0.29, 0.717) is 12.1 Å². The maximum Gasteiger partial charge on any atom is 0.303 e. The maximum atomic E-state index is 10.5. The van der Waals surface area contributed by atoms with Crippen LogP contribution >= 0.6 is 0 Å². The standard InChI is InChI=1S/C12H21NO3/c14-12(15)6-3-7-13-8-9-16-11-5-2-1-4-10(11)13/h10-11H,1-9H2,(H,14,15). The molecule has 2 fully saturated rings. The number of hydrogen-bond acceptors (Lipinski definition) is 3. The van der Waals surface area contributed by atoms with Crippen molar-refractivity contribution in [2.24, 2.45) is 0 Å². The van der Waals surface area contributed by atoms with E-state index in [4.69, 9.17) is 9.84 Å². The molecular formula is C12H21NO3. The van der Waals surface area contributed by atoms with Crippen LogP contribution in [-0.2, 0) is 9.53 Å². The molecule has 92 valence electrons. The number of hydrogen-bond donors (Lipinski definition) is 1. The van der Waals surface area contributed by atoms with Gasteiger partial charge in [0.2, 0.25) is 0 Å². The molecule has 4 heteroatoms. The minimum Gasteiger partial charge on any atom is -0.481 e. The van der Waals surface area contributed by atoms with Crippen molar-refractivity contribution in [3.8, 4) is 0 Å². The van der Waals surface area contributed by atoms with Crippen molar-refractivity contribution in [1.29, 1.82) is 0 Å². The van der Waals surface area contributed by atoms with Crippen LogP contribution in [0.2, 0.25) is 0 Å². The molecule has 2 rings (SSSR count). The fourth-order valence-electron chi connectivity index (χ4n) is 2.89. The number of carbonyl (C=O) groups is 1. The molecule has 1 heterocycles. The van der Waals surface area contributed by atoms with Crippen molar-refractivity contribution < 1.29 is 14.6 Å². The second-order valence-electron chi connectivity index (χ2n) is 4.79. The van der Waals surface area contributed by atoms with E-state index < -0.39 is 5.97 Å². The van der Waals surface area contributed by atoms with Crippen molar-refractivity contribution in [1.82, 2.24) is 4.90 Å². The van der Waals surface area contributed by atoms with E-state index in [1.165, 1.54) is 25.7 Å². The normalized spacial score (nSPS) is 31.0. The third kappa shape index (κ3) is 2.95. The minimum atomic E-state index is -0.687. The Morgan fingerprint density at radius 3 is 3.00 bits per heavy atom. The van der Waals surface area contributed by atoms with Gasteiger partial charge < -0.3 is 9.84 Å². The highest BCUT2D eigenvalue weighted by Gasteiger charge is 2.33. The van der Waals surface area contributed by atoms with Gasteiger partial charge in [0.15, 0.2) is 0 Å². The summed E-state index contributed by atoms with van der Waals surface area (Å²) in [6.07, 6.45) is 6.43. The van der Waals surface area contributed by atoms with Crippen LogP contribution in [0.15, 0.2) is 0 Å². The zero-order chi connectivity index (χ0) is 11.4. The molecule has 4 nitrogen and oxygen atoms in total. The zero-order valence-corrected chi connectivity index (χ0v) is 9.73. The Hall–Kier alpha value is -0.610. The molecule has 0 bridgehead atoms. The largest absolute Gasteiger partial charge is 0.481 e. The van der Waals surface area contributed by atoms with Crippen molar-refractivity contribution >= 4 is 5.97 Å². The summed E-state index contributed by atoms with van der Waals surface area (Å²) in [6, 6.07) is 0.552. The molecule has 0 aromatic rings. The molecule has 1 aliphatic heterocycles. The maximum absolute atomic E-state index is 10.5. The van der Waals surface area contributed by atoms with Gasteiger partial charge >= 0.3 is 5.97 Å². The van der Waals surface area contributed by atoms with Gasteiger partial charge in [-0.15, -0.1) is 0 Å². The van der Waals surface area contributed by atoms with Crippen LogP contribution < -0.4 is 0 Å². The number of rotatable bonds is 4. The van der Waals surface area contributed by atoms with E-state index in [1.54, 1.807) is 0 Å². The highest BCUT2D eigenvalue weighted by Crippen LogP contribution is 2.28. The Morgan fingerprint density at radius 1 is 1.38 bits per heavy atom. The molecule has 1 saturated heterocycles. The topological polar surface area (TPSA) is 49.8 Å². The van der Waals surface area contributed by atoms with E-state index in [-0.39, 0.29) is 6.42 Å². The first-order chi connectivity index (χ1) is 7.77. The molecule has 1 saturated carbocycles. The van der Waals surface area contributed by atoms with Gasteiger partial charge in [-0.25, -0.2) is 0 Å². The summed E-state index contributed by atoms with van der Waals surface area (Å²) in [5, 5.41) is 8.63. The average Bonchev–Trinajstić information content (AvgIpc) is 2.29. The molecular weight excluding hydrogens is 206 g/mol. The van der Waals surface area contributed by atoms with Crippen LogP contribution in [0.25, 0.3) is 0 Å². The van der Waals surface area contributed by atoms with Gasteiger partial charge in [0.05, 0.1) is 12.7 Å². The number of morpholine rings is 1. The minimum absolute atomic E-state index is 0.286. The lowest BCUT2D eigenvalue weighted by Gasteiger charge is -2.43. The van der Waals surface area contributed by atoms with E-state index in [1.807, 2.05) is 0 Å². The SMILES string of the molecule is O=C(O)CCCN1CCOC2CCCCC21. The number of aliphatic carboxylic acids is 1. The van der Waals surface area contributed by atoms with Crippen LogP contribution in [0, 0.1) is 0 Å². The Morgan fingerprint density at radius 2 is 2.19 bits per heavy atom. The molecule has 0 amide bonds. The average molecular weight is 227 g/mol. The molecule has 0 radical (unpaired) electrons. The molecule has 2 aliphatic rings. The van der Waals surface area contributed by atoms with Gasteiger partial charge in [-0.3, -0.25) is 9.69 Å². The Labute approximate surface area is 96.6 Å². The van der Waals surface area contributed by atoms with E-state index in [0.717, 1.165) is 26.1 Å². The number of carboxylic acid groups (broad SMARTS) is 1.